The van der Waals surface area contributed by atoms with Crippen molar-refractivity contribution < 1.29 is 33.8 Å². The van der Waals surface area contributed by atoms with E-state index in [9.17, 15) is 24.3 Å². The second-order valence-electron chi connectivity index (χ2n) is 12.2. The van der Waals surface area contributed by atoms with Gasteiger partial charge in [0.25, 0.3) is 0 Å². The summed E-state index contributed by atoms with van der Waals surface area (Å²) in [4.78, 5) is 51.3. The molecule has 208 valence electrons. The summed E-state index contributed by atoms with van der Waals surface area (Å²) < 4.78 is 11.5. The summed E-state index contributed by atoms with van der Waals surface area (Å²) >= 11 is 0. The van der Waals surface area contributed by atoms with Gasteiger partial charge in [-0.15, -0.1) is 0 Å². The molecular weight excluding hydrogens is 496 g/mol. The molecule has 0 heterocycles. The van der Waals surface area contributed by atoms with Crippen LogP contribution in [0.4, 0.5) is 0 Å². The zero-order valence-corrected chi connectivity index (χ0v) is 23.0. The SMILES string of the molecule is CCC(=O)O[C@@]1(C(=O)COC(=O)Cc2ccccc2)CC[C@H]2[C@@H]3CCC4=CC(=O)C=C[C@]4(C)[C@H]3[C@@H](O)C[C@@]21C. The number of rotatable bonds is 7. The van der Waals surface area contributed by atoms with E-state index in [1.54, 1.807) is 19.1 Å². The molecule has 7 heteroatoms. The third-order valence-corrected chi connectivity index (χ3v) is 10.2. The first kappa shape index (κ1) is 27.5. The van der Waals surface area contributed by atoms with Crippen molar-refractivity contribution in [2.75, 3.05) is 6.61 Å². The predicted molar refractivity (Wildman–Crippen MR) is 143 cm³/mol. The van der Waals surface area contributed by atoms with Crippen LogP contribution in [0.25, 0.3) is 0 Å². The number of allylic oxidation sites excluding steroid dienone is 4. The molecule has 4 aliphatic carbocycles. The molecule has 4 aliphatic rings. The number of ketones is 2. The Hall–Kier alpha value is -3.06. The molecule has 0 aliphatic heterocycles. The number of benzene rings is 1. The number of carbonyl (C=O) groups is 4. The molecule has 0 amide bonds. The summed E-state index contributed by atoms with van der Waals surface area (Å²) in [5, 5.41) is 11.7. The van der Waals surface area contributed by atoms with Crippen molar-refractivity contribution >= 4 is 23.5 Å². The van der Waals surface area contributed by atoms with E-state index in [2.05, 4.69) is 6.92 Å². The Bertz CT molecular complexity index is 1230. The lowest BCUT2D eigenvalue weighted by Crippen LogP contribution is -2.63. The van der Waals surface area contributed by atoms with Gasteiger partial charge in [0.2, 0.25) is 5.78 Å². The topological polar surface area (TPSA) is 107 Å². The number of aliphatic hydroxyl groups excluding tert-OH is 1. The fourth-order valence-corrected chi connectivity index (χ4v) is 8.34. The summed E-state index contributed by atoms with van der Waals surface area (Å²) in [5.74, 6) is -1.42. The number of hydrogen-bond acceptors (Lipinski definition) is 7. The maximum absolute atomic E-state index is 13.9. The van der Waals surface area contributed by atoms with Gasteiger partial charge >= 0.3 is 11.9 Å². The molecule has 7 atom stereocenters. The first-order valence-corrected chi connectivity index (χ1v) is 14.1. The molecule has 7 nitrogen and oxygen atoms in total. The number of hydrogen-bond donors (Lipinski definition) is 1. The third kappa shape index (κ3) is 4.48. The molecule has 3 saturated carbocycles. The van der Waals surface area contributed by atoms with Crippen LogP contribution in [0.1, 0.15) is 64.9 Å². The largest absolute Gasteiger partial charge is 0.457 e. The number of fused-ring (bicyclic) bond motifs is 5. The van der Waals surface area contributed by atoms with Crippen LogP contribution >= 0.6 is 0 Å². The second kappa shape index (κ2) is 10.2. The Morgan fingerprint density at radius 3 is 2.54 bits per heavy atom. The van der Waals surface area contributed by atoms with Crippen LogP contribution in [0.2, 0.25) is 0 Å². The van der Waals surface area contributed by atoms with Crippen LogP contribution in [-0.4, -0.2) is 46.9 Å². The van der Waals surface area contributed by atoms with Gasteiger partial charge < -0.3 is 14.6 Å². The van der Waals surface area contributed by atoms with Crippen molar-refractivity contribution in [2.24, 2.45) is 28.6 Å². The molecule has 0 spiro atoms. The van der Waals surface area contributed by atoms with Crippen LogP contribution in [-0.2, 0) is 35.1 Å². The van der Waals surface area contributed by atoms with Gasteiger partial charge in [-0.2, -0.15) is 0 Å². The fraction of sp³-hybridized carbons (Fsp3) is 0.562. The van der Waals surface area contributed by atoms with Gasteiger partial charge in [0.15, 0.2) is 18.0 Å². The predicted octanol–water partition coefficient (Wildman–Crippen LogP) is 4.31. The maximum Gasteiger partial charge on any atom is 0.310 e. The minimum absolute atomic E-state index is 0.0187. The molecule has 39 heavy (non-hydrogen) atoms. The van der Waals surface area contributed by atoms with Gasteiger partial charge in [0.1, 0.15) is 0 Å². The zero-order chi connectivity index (χ0) is 28.0. The Kier molecular flexibility index (Phi) is 7.17. The van der Waals surface area contributed by atoms with E-state index in [1.165, 1.54) is 0 Å². The van der Waals surface area contributed by atoms with Crippen LogP contribution < -0.4 is 0 Å². The highest BCUT2D eigenvalue weighted by atomic mass is 16.6. The first-order valence-electron chi connectivity index (χ1n) is 14.1. The van der Waals surface area contributed by atoms with Gasteiger partial charge in [-0.25, -0.2) is 0 Å². The Balaban J connectivity index is 1.41. The number of esters is 2. The summed E-state index contributed by atoms with van der Waals surface area (Å²) in [6.07, 6.45) is 7.49. The molecule has 0 aromatic heterocycles. The van der Waals surface area contributed by atoms with E-state index in [1.807, 2.05) is 43.3 Å². The second-order valence-corrected chi connectivity index (χ2v) is 12.2. The lowest BCUT2D eigenvalue weighted by atomic mass is 9.46. The maximum atomic E-state index is 13.9. The minimum Gasteiger partial charge on any atom is -0.457 e. The number of aliphatic hydroxyl groups is 1. The Morgan fingerprint density at radius 2 is 1.82 bits per heavy atom. The van der Waals surface area contributed by atoms with E-state index >= 15 is 0 Å². The normalized spacial score (nSPS) is 36.7. The molecule has 0 radical (unpaired) electrons. The quantitative estimate of drug-likeness (QED) is 0.520. The van der Waals surface area contributed by atoms with Gasteiger partial charge in [0, 0.05) is 23.2 Å². The summed E-state index contributed by atoms with van der Waals surface area (Å²) in [6, 6.07) is 9.16. The van der Waals surface area contributed by atoms with Crippen LogP contribution in [0.3, 0.4) is 0 Å². The molecule has 3 fully saturated rings. The standard InChI is InChI=1S/C32H38O7/c1-4-27(36)39-32(26(35)19-38-28(37)16-20-8-6-5-7-9-20)15-13-24-23-11-10-21-17-22(33)12-14-30(21,2)29(23)25(34)18-31(24,32)3/h5-9,12,14,17,23-25,29,34H,4,10-11,13,15-16,18-19H2,1-3H3/t23-,24-,25-,29+,30-,31-,32+/m0/s1. The summed E-state index contributed by atoms with van der Waals surface area (Å²) in [6.45, 7) is 5.27. The van der Waals surface area contributed by atoms with Crippen LogP contribution in [0, 0.1) is 28.6 Å². The van der Waals surface area contributed by atoms with E-state index in [0.717, 1.165) is 24.0 Å². The van der Waals surface area contributed by atoms with Crippen molar-refractivity contribution in [3.8, 4) is 0 Å². The van der Waals surface area contributed by atoms with Crippen LogP contribution in [0.15, 0.2) is 54.1 Å². The smallest absolute Gasteiger partial charge is 0.310 e. The molecule has 0 unspecified atom stereocenters. The van der Waals surface area contributed by atoms with Gasteiger partial charge in [-0.1, -0.05) is 62.8 Å². The van der Waals surface area contributed by atoms with Crippen molar-refractivity contribution in [1.29, 1.82) is 0 Å². The Labute approximate surface area is 229 Å². The minimum atomic E-state index is -1.47. The van der Waals surface area contributed by atoms with Gasteiger partial charge in [-0.05, 0) is 61.7 Å². The van der Waals surface area contributed by atoms with Crippen molar-refractivity contribution in [3.05, 3.63) is 59.7 Å². The molecule has 1 N–H and O–H groups in total. The van der Waals surface area contributed by atoms with Gasteiger partial charge in [0.05, 0.1) is 12.5 Å². The van der Waals surface area contributed by atoms with Gasteiger partial charge in [-0.3, -0.25) is 19.2 Å². The van der Waals surface area contributed by atoms with E-state index < -0.39 is 46.9 Å². The number of carbonyl (C=O) groups excluding carboxylic acids is 4. The zero-order valence-electron chi connectivity index (χ0n) is 23.0. The fourth-order valence-electron chi connectivity index (χ4n) is 8.34. The molecular formula is C32H38O7. The Morgan fingerprint density at radius 1 is 1.08 bits per heavy atom. The van der Waals surface area contributed by atoms with Crippen LogP contribution in [0.5, 0.6) is 0 Å². The lowest BCUT2D eigenvalue weighted by Gasteiger charge is -2.59. The van der Waals surface area contributed by atoms with Crippen molar-refractivity contribution in [3.63, 3.8) is 0 Å². The summed E-state index contributed by atoms with van der Waals surface area (Å²) in [5.41, 5.74) is -0.873. The average molecular weight is 535 g/mol. The monoisotopic (exact) mass is 534 g/mol. The highest BCUT2D eigenvalue weighted by molar-refractivity contribution is 6.01. The average Bonchev–Trinajstić information content (AvgIpc) is 3.20. The van der Waals surface area contributed by atoms with Crippen molar-refractivity contribution in [2.45, 2.75) is 77.4 Å². The van der Waals surface area contributed by atoms with E-state index in [4.69, 9.17) is 9.47 Å². The highest BCUT2D eigenvalue weighted by Gasteiger charge is 2.70. The number of ether oxygens (including phenoxy) is 2. The molecule has 5 rings (SSSR count). The highest BCUT2D eigenvalue weighted by Crippen LogP contribution is 2.67. The van der Waals surface area contributed by atoms with E-state index in [-0.39, 0.29) is 42.8 Å². The molecule has 1 aromatic rings. The molecule has 0 bridgehead atoms. The van der Waals surface area contributed by atoms with Crippen molar-refractivity contribution in [1.82, 2.24) is 0 Å². The summed E-state index contributed by atoms with van der Waals surface area (Å²) in [7, 11) is 0. The lowest BCUT2D eigenvalue weighted by molar-refractivity contribution is -0.201. The molecule has 1 aromatic carbocycles. The van der Waals surface area contributed by atoms with E-state index in [0.29, 0.717) is 12.8 Å². The number of Topliss-reactive ketones (excluding diaryl/α,β-unsaturated/α-hetero) is 1. The first-order chi connectivity index (χ1) is 18.5. The third-order valence-electron chi connectivity index (χ3n) is 10.2. The molecule has 0 saturated heterocycles.